The lowest BCUT2D eigenvalue weighted by Gasteiger charge is -2.08. The van der Waals surface area contributed by atoms with Gasteiger partial charge in [0, 0.05) is 16.5 Å². The molecule has 88 valence electrons. The molecule has 0 bridgehead atoms. The van der Waals surface area contributed by atoms with Crippen molar-refractivity contribution in [2.45, 2.75) is 18.7 Å². The number of aromatic nitrogens is 1. The normalized spacial score (nSPS) is 10.7. The molecule has 2 rings (SSSR count). The summed E-state index contributed by atoms with van der Waals surface area (Å²) in [6, 6.07) is 5.99. The van der Waals surface area contributed by atoms with E-state index in [9.17, 15) is 4.79 Å². The number of carboxylic acid groups (broad SMARTS) is 1. The second-order valence-corrected chi connectivity index (χ2v) is 4.98. The SMILES string of the molecule is Cc1cc(C)c2c(SCC(=O)O)ccnc2c1. The van der Waals surface area contributed by atoms with Crippen molar-refractivity contribution in [1.82, 2.24) is 4.98 Å². The lowest BCUT2D eigenvalue weighted by molar-refractivity contribution is -0.133. The zero-order valence-electron chi connectivity index (χ0n) is 9.73. The predicted molar refractivity (Wildman–Crippen MR) is 69.6 cm³/mol. The highest BCUT2D eigenvalue weighted by molar-refractivity contribution is 8.00. The van der Waals surface area contributed by atoms with Gasteiger partial charge in [-0.3, -0.25) is 9.78 Å². The van der Waals surface area contributed by atoms with Gasteiger partial charge in [-0.05, 0) is 37.1 Å². The highest BCUT2D eigenvalue weighted by atomic mass is 32.2. The third-order valence-corrected chi connectivity index (χ3v) is 3.54. The number of aryl methyl sites for hydroxylation is 2. The largest absolute Gasteiger partial charge is 0.481 e. The standard InChI is InChI=1S/C13H13NO2S/c1-8-5-9(2)13-10(6-8)14-4-3-11(13)17-7-12(15)16/h3-6H,7H2,1-2H3,(H,15,16). The molecule has 0 fully saturated rings. The smallest absolute Gasteiger partial charge is 0.313 e. The molecular weight excluding hydrogens is 234 g/mol. The van der Waals surface area contributed by atoms with Gasteiger partial charge in [-0.15, -0.1) is 11.8 Å². The van der Waals surface area contributed by atoms with Crippen LogP contribution in [0.15, 0.2) is 29.3 Å². The maximum Gasteiger partial charge on any atom is 0.313 e. The van der Waals surface area contributed by atoms with Gasteiger partial charge in [-0.2, -0.15) is 0 Å². The molecule has 3 nitrogen and oxygen atoms in total. The number of pyridine rings is 1. The van der Waals surface area contributed by atoms with E-state index in [4.69, 9.17) is 5.11 Å². The van der Waals surface area contributed by atoms with E-state index >= 15 is 0 Å². The second kappa shape index (κ2) is 4.75. The Morgan fingerprint density at radius 1 is 1.41 bits per heavy atom. The van der Waals surface area contributed by atoms with Gasteiger partial charge in [0.1, 0.15) is 0 Å². The molecule has 1 aromatic carbocycles. The Balaban J connectivity index is 2.52. The molecule has 0 atom stereocenters. The number of fused-ring (bicyclic) bond motifs is 1. The number of nitrogens with zero attached hydrogens (tertiary/aromatic N) is 1. The minimum absolute atomic E-state index is 0.0758. The Hall–Kier alpha value is -1.55. The number of hydrogen-bond acceptors (Lipinski definition) is 3. The minimum atomic E-state index is -0.801. The van der Waals surface area contributed by atoms with Crippen LogP contribution in [0.2, 0.25) is 0 Å². The molecule has 0 aliphatic rings. The molecule has 1 aromatic heterocycles. The minimum Gasteiger partial charge on any atom is -0.481 e. The third-order valence-electron chi connectivity index (χ3n) is 2.50. The van der Waals surface area contributed by atoms with Crippen molar-refractivity contribution in [1.29, 1.82) is 0 Å². The van der Waals surface area contributed by atoms with Crippen LogP contribution >= 0.6 is 11.8 Å². The molecule has 1 heterocycles. The molecule has 0 aliphatic carbocycles. The summed E-state index contributed by atoms with van der Waals surface area (Å²) in [6.45, 7) is 4.06. The Morgan fingerprint density at radius 3 is 2.88 bits per heavy atom. The molecule has 1 N–H and O–H groups in total. The number of rotatable bonds is 3. The number of thioether (sulfide) groups is 1. The Kier molecular flexibility index (Phi) is 3.33. The fourth-order valence-corrected chi connectivity index (χ4v) is 2.74. The molecule has 0 spiro atoms. The number of hydrogen-bond donors (Lipinski definition) is 1. The maximum absolute atomic E-state index is 10.6. The number of aliphatic carboxylic acids is 1. The highest BCUT2D eigenvalue weighted by Gasteiger charge is 2.08. The van der Waals surface area contributed by atoms with Gasteiger partial charge < -0.3 is 5.11 Å². The van der Waals surface area contributed by atoms with Crippen molar-refractivity contribution in [2.24, 2.45) is 0 Å². The van der Waals surface area contributed by atoms with Gasteiger partial charge in [-0.1, -0.05) is 6.07 Å². The number of carboxylic acids is 1. The van der Waals surface area contributed by atoms with Crippen molar-refractivity contribution in [3.05, 3.63) is 35.5 Å². The fraction of sp³-hybridized carbons (Fsp3) is 0.231. The summed E-state index contributed by atoms with van der Waals surface area (Å²) in [5.41, 5.74) is 3.24. The van der Waals surface area contributed by atoms with Crippen LogP contribution in [0, 0.1) is 13.8 Å². The summed E-state index contributed by atoms with van der Waals surface area (Å²) in [4.78, 5) is 15.9. The topological polar surface area (TPSA) is 50.2 Å². The average molecular weight is 247 g/mol. The molecule has 0 amide bonds. The van der Waals surface area contributed by atoms with Crippen LogP contribution < -0.4 is 0 Å². The lowest BCUT2D eigenvalue weighted by Crippen LogP contribution is -1.98. The van der Waals surface area contributed by atoms with Crippen LogP contribution in [0.25, 0.3) is 10.9 Å². The Labute approximate surface area is 104 Å². The van der Waals surface area contributed by atoms with Crippen LogP contribution in [0.1, 0.15) is 11.1 Å². The number of carbonyl (C=O) groups is 1. The van der Waals surface area contributed by atoms with Gasteiger partial charge in [0.15, 0.2) is 0 Å². The summed E-state index contributed by atoms with van der Waals surface area (Å²) in [5, 5.41) is 9.78. The molecule has 0 radical (unpaired) electrons. The quantitative estimate of drug-likeness (QED) is 0.847. The predicted octanol–water partition coefficient (Wildman–Crippen LogP) is 3.03. The highest BCUT2D eigenvalue weighted by Crippen LogP contribution is 2.29. The van der Waals surface area contributed by atoms with E-state index in [2.05, 4.69) is 11.1 Å². The average Bonchev–Trinajstić information content (AvgIpc) is 2.25. The summed E-state index contributed by atoms with van der Waals surface area (Å²) >= 11 is 1.34. The second-order valence-electron chi connectivity index (χ2n) is 3.97. The van der Waals surface area contributed by atoms with E-state index in [0.29, 0.717) is 0 Å². The van der Waals surface area contributed by atoms with Crippen molar-refractivity contribution in [3.63, 3.8) is 0 Å². The molecule has 0 aliphatic heterocycles. The van der Waals surface area contributed by atoms with Gasteiger partial charge in [-0.25, -0.2) is 0 Å². The van der Waals surface area contributed by atoms with Crippen molar-refractivity contribution >= 4 is 28.6 Å². The van der Waals surface area contributed by atoms with E-state index in [1.807, 2.05) is 26.0 Å². The van der Waals surface area contributed by atoms with Crippen LogP contribution in [0.4, 0.5) is 0 Å². The van der Waals surface area contributed by atoms with Crippen molar-refractivity contribution in [3.8, 4) is 0 Å². The lowest BCUT2D eigenvalue weighted by atomic mass is 10.1. The Bertz CT molecular complexity index is 581. The van der Waals surface area contributed by atoms with Crippen LogP contribution in [0.3, 0.4) is 0 Å². The molecule has 0 unspecified atom stereocenters. The fourth-order valence-electron chi connectivity index (χ4n) is 1.90. The van der Waals surface area contributed by atoms with Gasteiger partial charge >= 0.3 is 5.97 Å². The van der Waals surface area contributed by atoms with Crippen molar-refractivity contribution < 1.29 is 9.90 Å². The van der Waals surface area contributed by atoms with Crippen LogP contribution in [-0.4, -0.2) is 21.8 Å². The van der Waals surface area contributed by atoms with Crippen molar-refractivity contribution in [2.75, 3.05) is 5.75 Å². The van der Waals surface area contributed by atoms with E-state index < -0.39 is 5.97 Å². The first kappa shape index (κ1) is 11.9. The summed E-state index contributed by atoms with van der Waals surface area (Å²) < 4.78 is 0. The molecule has 2 aromatic rings. The van der Waals surface area contributed by atoms with Crippen LogP contribution in [0.5, 0.6) is 0 Å². The summed E-state index contributed by atoms with van der Waals surface area (Å²) in [5.74, 6) is -0.725. The van der Waals surface area contributed by atoms with Crippen LogP contribution in [-0.2, 0) is 4.79 Å². The Morgan fingerprint density at radius 2 is 2.18 bits per heavy atom. The first-order valence-corrected chi connectivity index (χ1v) is 6.27. The maximum atomic E-state index is 10.6. The zero-order valence-corrected chi connectivity index (χ0v) is 10.5. The monoisotopic (exact) mass is 247 g/mol. The van der Waals surface area contributed by atoms with E-state index in [1.165, 1.54) is 17.3 Å². The van der Waals surface area contributed by atoms with Gasteiger partial charge in [0.25, 0.3) is 0 Å². The van der Waals surface area contributed by atoms with Gasteiger partial charge in [0.2, 0.25) is 0 Å². The first-order chi connectivity index (χ1) is 8.08. The first-order valence-electron chi connectivity index (χ1n) is 5.28. The van der Waals surface area contributed by atoms with E-state index in [0.717, 1.165) is 21.4 Å². The summed E-state index contributed by atoms with van der Waals surface area (Å²) in [7, 11) is 0. The van der Waals surface area contributed by atoms with E-state index in [1.54, 1.807) is 6.20 Å². The van der Waals surface area contributed by atoms with E-state index in [-0.39, 0.29) is 5.75 Å². The molecule has 4 heteroatoms. The number of benzene rings is 1. The zero-order chi connectivity index (χ0) is 12.4. The molecule has 0 saturated heterocycles. The molecular formula is C13H13NO2S. The molecule has 0 saturated carbocycles. The third kappa shape index (κ3) is 2.58. The molecule has 17 heavy (non-hydrogen) atoms. The summed E-state index contributed by atoms with van der Waals surface area (Å²) in [6.07, 6.45) is 1.73. The van der Waals surface area contributed by atoms with Gasteiger partial charge in [0.05, 0.1) is 11.3 Å².